The summed E-state index contributed by atoms with van der Waals surface area (Å²) in [6.07, 6.45) is 0.747. The van der Waals surface area contributed by atoms with Gasteiger partial charge in [0.05, 0.1) is 21.6 Å². The van der Waals surface area contributed by atoms with Crippen LogP contribution in [0.3, 0.4) is 0 Å². The number of hydrogen-bond acceptors (Lipinski definition) is 3. The first kappa shape index (κ1) is 13.5. The topological polar surface area (TPSA) is 52.4 Å². The predicted octanol–water partition coefficient (Wildman–Crippen LogP) is 4.07. The molecule has 1 aromatic carbocycles. The highest BCUT2D eigenvalue weighted by molar-refractivity contribution is 9.09. The van der Waals surface area contributed by atoms with Crippen LogP contribution in [0.2, 0.25) is 10.0 Å². The first-order chi connectivity index (χ1) is 7.56. The van der Waals surface area contributed by atoms with Gasteiger partial charge in [0.25, 0.3) is 0 Å². The molecule has 4 nitrogen and oxygen atoms in total. The largest absolute Gasteiger partial charge is 0.487 e. The summed E-state index contributed by atoms with van der Waals surface area (Å²) in [6, 6.07) is 2.55. The molecule has 7 heteroatoms. The fraction of sp³-hybridized carbons (Fsp3) is 0.333. The van der Waals surface area contributed by atoms with Crippen LogP contribution in [0.25, 0.3) is 0 Å². The average molecular weight is 329 g/mol. The van der Waals surface area contributed by atoms with Crippen molar-refractivity contribution >= 4 is 44.8 Å². The fourth-order valence-electron chi connectivity index (χ4n) is 1.01. The zero-order chi connectivity index (χ0) is 12.1. The molecule has 0 bridgehead atoms. The molecule has 1 rings (SSSR count). The normalized spacial score (nSPS) is 10.2. The van der Waals surface area contributed by atoms with Gasteiger partial charge in [0.15, 0.2) is 5.75 Å². The molecular weight excluding hydrogens is 321 g/mol. The summed E-state index contributed by atoms with van der Waals surface area (Å²) in [6.45, 7) is 0.379. The highest BCUT2D eigenvalue weighted by atomic mass is 79.9. The Morgan fingerprint density at radius 2 is 2.00 bits per heavy atom. The van der Waals surface area contributed by atoms with Gasteiger partial charge in [-0.3, -0.25) is 10.1 Å². The summed E-state index contributed by atoms with van der Waals surface area (Å²) >= 11 is 14.7. The van der Waals surface area contributed by atoms with Crippen LogP contribution in [-0.4, -0.2) is 16.9 Å². The second kappa shape index (κ2) is 6.27. The minimum atomic E-state index is -0.550. The minimum absolute atomic E-state index is 0.139. The average Bonchev–Trinajstić information content (AvgIpc) is 2.23. The van der Waals surface area contributed by atoms with Crippen molar-refractivity contribution in [1.29, 1.82) is 0 Å². The first-order valence-electron chi connectivity index (χ1n) is 4.38. The molecule has 0 saturated heterocycles. The molecular formula is C9H8BrCl2NO3. The van der Waals surface area contributed by atoms with Crippen LogP contribution in [0.1, 0.15) is 6.42 Å². The van der Waals surface area contributed by atoms with Crippen molar-refractivity contribution < 1.29 is 9.66 Å². The van der Waals surface area contributed by atoms with Crippen molar-refractivity contribution in [2.75, 3.05) is 11.9 Å². The van der Waals surface area contributed by atoms with E-state index in [4.69, 9.17) is 27.9 Å². The van der Waals surface area contributed by atoms with Crippen molar-refractivity contribution in [2.45, 2.75) is 6.42 Å². The lowest BCUT2D eigenvalue weighted by Crippen LogP contribution is -2.01. The SMILES string of the molecule is O=[N+]([O-])c1cc(Cl)c(Cl)cc1OCCCBr. The second-order valence-electron chi connectivity index (χ2n) is 2.88. The molecule has 16 heavy (non-hydrogen) atoms. The number of halogens is 3. The van der Waals surface area contributed by atoms with Gasteiger partial charge in [-0.25, -0.2) is 0 Å². The van der Waals surface area contributed by atoms with Crippen LogP contribution >= 0.6 is 39.1 Å². The van der Waals surface area contributed by atoms with E-state index in [1.165, 1.54) is 12.1 Å². The molecule has 0 radical (unpaired) electrons. The lowest BCUT2D eigenvalue weighted by molar-refractivity contribution is -0.385. The number of alkyl halides is 1. The van der Waals surface area contributed by atoms with Crippen LogP contribution in [0.5, 0.6) is 5.75 Å². The molecule has 0 N–H and O–H groups in total. The Kier molecular flexibility index (Phi) is 5.31. The van der Waals surface area contributed by atoms with E-state index in [1.54, 1.807) is 0 Å². The van der Waals surface area contributed by atoms with Crippen molar-refractivity contribution in [1.82, 2.24) is 0 Å². The first-order valence-corrected chi connectivity index (χ1v) is 6.26. The second-order valence-corrected chi connectivity index (χ2v) is 4.49. The number of ether oxygens (including phenoxy) is 1. The van der Waals surface area contributed by atoms with Crippen molar-refractivity contribution in [3.8, 4) is 5.75 Å². The molecule has 88 valence electrons. The highest BCUT2D eigenvalue weighted by Crippen LogP contribution is 2.35. The highest BCUT2D eigenvalue weighted by Gasteiger charge is 2.18. The van der Waals surface area contributed by atoms with Crippen molar-refractivity contribution in [3.63, 3.8) is 0 Å². The van der Waals surface area contributed by atoms with Gasteiger partial charge >= 0.3 is 5.69 Å². The van der Waals surface area contributed by atoms with Gasteiger partial charge in [-0.05, 0) is 6.42 Å². The Balaban J connectivity index is 2.95. The smallest absolute Gasteiger partial charge is 0.312 e. The van der Waals surface area contributed by atoms with E-state index in [9.17, 15) is 10.1 Å². The van der Waals surface area contributed by atoms with E-state index in [0.29, 0.717) is 6.61 Å². The molecule has 0 heterocycles. The molecule has 0 aliphatic rings. The van der Waals surface area contributed by atoms with Crippen LogP contribution in [0, 0.1) is 10.1 Å². The van der Waals surface area contributed by atoms with Gasteiger partial charge in [-0.2, -0.15) is 0 Å². The molecule has 0 unspecified atom stereocenters. The summed E-state index contributed by atoms with van der Waals surface area (Å²) in [5, 5.41) is 11.9. The van der Waals surface area contributed by atoms with E-state index in [1.807, 2.05) is 0 Å². The zero-order valence-corrected chi connectivity index (χ0v) is 11.2. The Hall–Kier alpha value is -0.520. The molecule has 0 aromatic heterocycles. The number of nitro groups is 1. The number of benzene rings is 1. The zero-order valence-electron chi connectivity index (χ0n) is 8.08. The van der Waals surface area contributed by atoms with Crippen LogP contribution in [0.15, 0.2) is 12.1 Å². The Morgan fingerprint density at radius 3 is 2.56 bits per heavy atom. The third-order valence-electron chi connectivity index (χ3n) is 1.73. The summed E-state index contributed by atoms with van der Waals surface area (Å²) in [4.78, 5) is 10.2. The predicted molar refractivity (Wildman–Crippen MR) is 67.0 cm³/mol. The third kappa shape index (κ3) is 3.50. The molecule has 1 aromatic rings. The molecule has 0 atom stereocenters. The number of hydrogen-bond donors (Lipinski definition) is 0. The van der Waals surface area contributed by atoms with Crippen LogP contribution in [0.4, 0.5) is 5.69 Å². The summed E-state index contributed by atoms with van der Waals surface area (Å²) in [7, 11) is 0. The molecule has 0 saturated carbocycles. The maximum Gasteiger partial charge on any atom is 0.312 e. The fourth-order valence-corrected chi connectivity index (χ4v) is 1.55. The van der Waals surface area contributed by atoms with E-state index in [2.05, 4.69) is 15.9 Å². The van der Waals surface area contributed by atoms with Gasteiger partial charge in [-0.15, -0.1) is 0 Å². The Morgan fingerprint density at radius 1 is 1.38 bits per heavy atom. The van der Waals surface area contributed by atoms with Gasteiger partial charge in [0.1, 0.15) is 0 Å². The van der Waals surface area contributed by atoms with Gasteiger partial charge < -0.3 is 4.74 Å². The van der Waals surface area contributed by atoms with E-state index in [-0.39, 0.29) is 21.5 Å². The standard InChI is InChI=1S/C9H8BrCl2NO3/c10-2-1-3-16-9-5-7(12)6(11)4-8(9)13(14)15/h4-5H,1-3H2. The minimum Gasteiger partial charge on any atom is -0.487 e. The maximum absolute atomic E-state index is 10.7. The lowest BCUT2D eigenvalue weighted by Gasteiger charge is -2.06. The summed E-state index contributed by atoms with van der Waals surface area (Å²) in [5.41, 5.74) is -0.177. The van der Waals surface area contributed by atoms with Crippen LogP contribution in [-0.2, 0) is 0 Å². The summed E-state index contributed by atoms with van der Waals surface area (Å²) < 4.78 is 5.26. The third-order valence-corrected chi connectivity index (χ3v) is 3.02. The summed E-state index contributed by atoms with van der Waals surface area (Å²) in [5.74, 6) is 0.139. The van der Waals surface area contributed by atoms with Crippen LogP contribution < -0.4 is 4.74 Å². The molecule has 0 aliphatic heterocycles. The lowest BCUT2D eigenvalue weighted by atomic mass is 10.3. The monoisotopic (exact) mass is 327 g/mol. The van der Waals surface area contributed by atoms with E-state index >= 15 is 0 Å². The molecule has 0 fully saturated rings. The van der Waals surface area contributed by atoms with Gasteiger partial charge in [0.2, 0.25) is 0 Å². The van der Waals surface area contributed by atoms with Crippen molar-refractivity contribution in [2.24, 2.45) is 0 Å². The Labute approximate surface area is 111 Å². The molecule has 0 amide bonds. The quantitative estimate of drug-likeness (QED) is 0.354. The molecule has 0 spiro atoms. The van der Waals surface area contributed by atoms with E-state index in [0.717, 1.165) is 11.8 Å². The number of nitrogens with zero attached hydrogens (tertiary/aromatic N) is 1. The van der Waals surface area contributed by atoms with Gasteiger partial charge in [0, 0.05) is 17.5 Å². The maximum atomic E-state index is 10.7. The van der Waals surface area contributed by atoms with E-state index < -0.39 is 4.92 Å². The number of nitro benzene ring substituents is 1. The molecule has 0 aliphatic carbocycles. The Bertz CT molecular complexity index is 401. The van der Waals surface area contributed by atoms with Gasteiger partial charge in [-0.1, -0.05) is 39.1 Å². The van der Waals surface area contributed by atoms with Crippen molar-refractivity contribution in [3.05, 3.63) is 32.3 Å². The number of rotatable bonds is 5.